The van der Waals surface area contributed by atoms with E-state index in [9.17, 15) is 8.42 Å². The second-order valence-electron chi connectivity index (χ2n) is 4.92. The predicted molar refractivity (Wildman–Crippen MR) is 91.4 cm³/mol. The molecule has 0 saturated carbocycles. The van der Waals surface area contributed by atoms with Crippen LogP contribution in [0.25, 0.3) is 0 Å². The van der Waals surface area contributed by atoms with Crippen LogP contribution in [0.5, 0.6) is 0 Å². The SMILES string of the molecule is CCc1ccc(CNC)cc1S(=O)(=O)NCCCCSC. The summed E-state index contributed by atoms with van der Waals surface area (Å²) in [5.41, 5.74) is 1.85. The number of hydrogen-bond donors (Lipinski definition) is 2. The number of hydrogen-bond acceptors (Lipinski definition) is 4. The Labute approximate surface area is 133 Å². The van der Waals surface area contributed by atoms with Gasteiger partial charge in [0.25, 0.3) is 0 Å². The second kappa shape index (κ2) is 9.46. The molecule has 0 aromatic heterocycles. The molecule has 0 bridgehead atoms. The smallest absolute Gasteiger partial charge is 0.240 e. The van der Waals surface area contributed by atoms with Gasteiger partial charge < -0.3 is 5.32 Å². The Balaban J connectivity index is 2.82. The Bertz CT molecular complexity index is 530. The number of thioether (sulfide) groups is 1. The van der Waals surface area contributed by atoms with Gasteiger partial charge in [0.05, 0.1) is 4.90 Å². The molecule has 0 heterocycles. The summed E-state index contributed by atoms with van der Waals surface area (Å²) in [6, 6.07) is 5.67. The zero-order chi connectivity index (χ0) is 15.7. The third kappa shape index (κ3) is 5.98. The van der Waals surface area contributed by atoms with Gasteiger partial charge in [-0.3, -0.25) is 0 Å². The Kier molecular flexibility index (Phi) is 8.33. The molecule has 0 fully saturated rings. The van der Waals surface area contributed by atoms with Crippen molar-refractivity contribution in [3.8, 4) is 0 Å². The minimum Gasteiger partial charge on any atom is -0.316 e. The van der Waals surface area contributed by atoms with Gasteiger partial charge in [-0.15, -0.1) is 0 Å². The number of aryl methyl sites for hydroxylation is 1. The first-order valence-corrected chi connectivity index (χ1v) is 10.2. The van der Waals surface area contributed by atoms with E-state index in [1.807, 2.05) is 26.1 Å². The zero-order valence-corrected chi connectivity index (χ0v) is 14.7. The van der Waals surface area contributed by atoms with E-state index < -0.39 is 10.0 Å². The van der Waals surface area contributed by atoms with Crippen molar-refractivity contribution in [3.63, 3.8) is 0 Å². The average molecular weight is 331 g/mol. The first-order valence-electron chi connectivity index (χ1n) is 7.30. The van der Waals surface area contributed by atoms with Crippen LogP contribution in [-0.4, -0.2) is 34.0 Å². The van der Waals surface area contributed by atoms with Gasteiger partial charge >= 0.3 is 0 Å². The molecule has 0 spiro atoms. The molecule has 6 heteroatoms. The average Bonchev–Trinajstić information content (AvgIpc) is 2.47. The van der Waals surface area contributed by atoms with Crippen LogP contribution in [0.4, 0.5) is 0 Å². The van der Waals surface area contributed by atoms with Gasteiger partial charge in [-0.2, -0.15) is 11.8 Å². The van der Waals surface area contributed by atoms with Crippen LogP contribution in [-0.2, 0) is 23.0 Å². The highest BCUT2D eigenvalue weighted by molar-refractivity contribution is 7.98. The molecule has 1 aromatic carbocycles. The van der Waals surface area contributed by atoms with Crippen molar-refractivity contribution in [1.29, 1.82) is 0 Å². The fourth-order valence-electron chi connectivity index (χ4n) is 2.11. The Morgan fingerprint density at radius 3 is 2.62 bits per heavy atom. The summed E-state index contributed by atoms with van der Waals surface area (Å²) in [7, 11) is -1.56. The van der Waals surface area contributed by atoms with E-state index >= 15 is 0 Å². The van der Waals surface area contributed by atoms with Gasteiger partial charge in [0.1, 0.15) is 0 Å². The van der Waals surface area contributed by atoms with Gasteiger partial charge in [0, 0.05) is 13.1 Å². The fourth-order valence-corrected chi connectivity index (χ4v) is 4.04. The molecule has 2 N–H and O–H groups in total. The molecule has 4 nitrogen and oxygen atoms in total. The van der Waals surface area contributed by atoms with Crippen LogP contribution in [0.2, 0.25) is 0 Å². The summed E-state index contributed by atoms with van der Waals surface area (Å²) in [5, 5.41) is 3.05. The number of benzene rings is 1. The van der Waals surface area contributed by atoms with E-state index in [1.165, 1.54) is 0 Å². The minimum absolute atomic E-state index is 0.419. The molecule has 1 aromatic rings. The zero-order valence-electron chi connectivity index (χ0n) is 13.1. The summed E-state index contributed by atoms with van der Waals surface area (Å²) in [4.78, 5) is 0.419. The summed E-state index contributed by atoms with van der Waals surface area (Å²) in [5.74, 6) is 1.07. The summed E-state index contributed by atoms with van der Waals surface area (Å²) in [6.45, 7) is 3.15. The van der Waals surface area contributed by atoms with Crippen LogP contribution in [0.3, 0.4) is 0 Å². The molecular weight excluding hydrogens is 304 g/mol. The first kappa shape index (κ1) is 18.5. The number of unbranched alkanes of at least 4 members (excludes halogenated alkanes) is 1. The molecule has 21 heavy (non-hydrogen) atoms. The lowest BCUT2D eigenvalue weighted by molar-refractivity contribution is 0.577. The van der Waals surface area contributed by atoms with Crippen molar-refractivity contribution in [1.82, 2.24) is 10.0 Å². The van der Waals surface area contributed by atoms with Crippen LogP contribution in [0.15, 0.2) is 23.1 Å². The number of sulfonamides is 1. The molecule has 0 unspecified atom stereocenters. The normalized spacial score (nSPS) is 11.8. The summed E-state index contributed by atoms with van der Waals surface area (Å²) >= 11 is 1.79. The summed E-state index contributed by atoms with van der Waals surface area (Å²) < 4.78 is 27.6. The first-order chi connectivity index (χ1) is 10.0. The molecule has 0 radical (unpaired) electrons. The summed E-state index contributed by atoms with van der Waals surface area (Å²) in [6.07, 6.45) is 4.68. The number of nitrogens with one attached hydrogen (secondary N) is 2. The van der Waals surface area contributed by atoms with E-state index in [0.29, 0.717) is 24.4 Å². The van der Waals surface area contributed by atoms with Gasteiger partial charge in [-0.25, -0.2) is 13.1 Å². The molecule has 120 valence electrons. The molecule has 0 aliphatic heterocycles. The van der Waals surface area contributed by atoms with Crippen LogP contribution >= 0.6 is 11.8 Å². The van der Waals surface area contributed by atoms with E-state index in [0.717, 1.165) is 29.7 Å². The van der Waals surface area contributed by atoms with Gasteiger partial charge in [-0.1, -0.05) is 19.1 Å². The highest BCUT2D eigenvalue weighted by Gasteiger charge is 2.17. The lowest BCUT2D eigenvalue weighted by atomic mass is 10.1. The monoisotopic (exact) mass is 330 g/mol. The Morgan fingerprint density at radius 1 is 1.24 bits per heavy atom. The van der Waals surface area contributed by atoms with E-state index in [-0.39, 0.29) is 0 Å². The maximum atomic E-state index is 12.5. The lowest BCUT2D eigenvalue weighted by Gasteiger charge is -2.12. The van der Waals surface area contributed by atoms with E-state index in [1.54, 1.807) is 17.8 Å². The standard InChI is InChI=1S/C15H26N2O2S2/c1-4-14-8-7-13(12-16-2)11-15(14)21(18,19)17-9-5-6-10-20-3/h7-8,11,16-17H,4-6,9-10,12H2,1-3H3. The highest BCUT2D eigenvalue weighted by atomic mass is 32.2. The van der Waals surface area contributed by atoms with Gasteiger partial charge in [0.15, 0.2) is 0 Å². The quantitative estimate of drug-likeness (QED) is 0.647. The van der Waals surface area contributed by atoms with Crippen LogP contribution < -0.4 is 10.0 Å². The van der Waals surface area contributed by atoms with Crippen molar-refractivity contribution in [3.05, 3.63) is 29.3 Å². The van der Waals surface area contributed by atoms with Crippen molar-refractivity contribution in [2.75, 3.05) is 25.6 Å². The van der Waals surface area contributed by atoms with Gasteiger partial charge in [0.2, 0.25) is 10.0 Å². The molecule has 1 rings (SSSR count). The third-order valence-electron chi connectivity index (χ3n) is 3.25. The van der Waals surface area contributed by atoms with Crippen molar-refractivity contribution in [2.24, 2.45) is 0 Å². The fraction of sp³-hybridized carbons (Fsp3) is 0.600. The Morgan fingerprint density at radius 2 is 2.00 bits per heavy atom. The van der Waals surface area contributed by atoms with Crippen LogP contribution in [0.1, 0.15) is 30.9 Å². The second-order valence-corrected chi connectivity index (χ2v) is 7.64. The third-order valence-corrected chi connectivity index (χ3v) is 5.49. The topological polar surface area (TPSA) is 58.2 Å². The molecule has 0 amide bonds. The molecular formula is C15H26N2O2S2. The van der Waals surface area contributed by atoms with Crippen molar-refractivity contribution < 1.29 is 8.42 Å². The largest absolute Gasteiger partial charge is 0.316 e. The van der Waals surface area contributed by atoms with Crippen molar-refractivity contribution in [2.45, 2.75) is 37.6 Å². The van der Waals surface area contributed by atoms with Gasteiger partial charge in [-0.05, 0) is 55.5 Å². The predicted octanol–water partition coefficient (Wildman–Crippen LogP) is 2.39. The molecule has 0 atom stereocenters. The van der Waals surface area contributed by atoms with E-state index in [2.05, 4.69) is 16.3 Å². The highest BCUT2D eigenvalue weighted by Crippen LogP contribution is 2.18. The maximum Gasteiger partial charge on any atom is 0.240 e. The van der Waals surface area contributed by atoms with Crippen molar-refractivity contribution >= 4 is 21.8 Å². The molecule has 0 aliphatic carbocycles. The lowest BCUT2D eigenvalue weighted by Crippen LogP contribution is -2.26. The minimum atomic E-state index is -3.42. The van der Waals surface area contributed by atoms with E-state index in [4.69, 9.17) is 0 Å². The molecule has 0 saturated heterocycles. The van der Waals surface area contributed by atoms with Crippen LogP contribution in [0, 0.1) is 0 Å². The maximum absolute atomic E-state index is 12.5. The number of rotatable bonds is 10. The molecule has 0 aliphatic rings. The Hall–Kier alpha value is -0.560.